The number of carbonyl (C=O) groups is 2. The van der Waals surface area contributed by atoms with E-state index in [4.69, 9.17) is 0 Å². The highest BCUT2D eigenvalue weighted by molar-refractivity contribution is 6.08. The molecule has 92 valence electrons. The summed E-state index contributed by atoms with van der Waals surface area (Å²) in [6.45, 7) is 8.79. The Bertz CT molecular complexity index is 458. The largest absolute Gasteiger partial charge is 0.295 e. The average Bonchev–Trinajstić information content (AvgIpc) is 2.83. The highest BCUT2D eigenvalue weighted by Gasteiger charge is 2.72. The lowest BCUT2D eigenvalue weighted by Crippen LogP contribution is -2.41. The van der Waals surface area contributed by atoms with E-state index < -0.39 is 0 Å². The van der Waals surface area contributed by atoms with Gasteiger partial charge in [-0.25, -0.2) is 0 Å². The fourth-order valence-corrected chi connectivity index (χ4v) is 4.58. The Morgan fingerprint density at radius 1 is 1.24 bits per heavy atom. The standard InChI is InChI=1S/C15H20O2/c1-8-5-6-10(16)9-7-11(17)12-13(14(12,2)3)15(8,9)4/h7-8,12-13H,5-6H2,1-4H3/t8?,12-,13+,15+/m1/s1. The molecule has 0 heterocycles. The van der Waals surface area contributed by atoms with Crippen molar-refractivity contribution in [2.45, 2.75) is 40.5 Å². The number of fused-ring (bicyclic) bond motifs is 3. The first-order valence-corrected chi connectivity index (χ1v) is 6.60. The fourth-order valence-electron chi connectivity index (χ4n) is 4.58. The predicted molar refractivity (Wildman–Crippen MR) is 65.4 cm³/mol. The normalized spacial score (nSPS) is 47.1. The molecule has 2 saturated carbocycles. The van der Waals surface area contributed by atoms with Gasteiger partial charge in [-0.1, -0.05) is 27.7 Å². The number of hydrogen-bond acceptors (Lipinski definition) is 2. The van der Waals surface area contributed by atoms with Crippen LogP contribution in [-0.2, 0) is 9.59 Å². The Kier molecular flexibility index (Phi) is 1.91. The Morgan fingerprint density at radius 3 is 2.53 bits per heavy atom. The second-order valence-corrected chi connectivity index (χ2v) is 6.88. The molecule has 2 nitrogen and oxygen atoms in total. The lowest BCUT2D eigenvalue weighted by atomic mass is 9.59. The minimum atomic E-state index is -0.0581. The maximum Gasteiger partial charge on any atom is 0.160 e. The van der Waals surface area contributed by atoms with E-state index in [0.717, 1.165) is 12.0 Å². The molecule has 0 aromatic carbocycles. The third-order valence-electron chi connectivity index (χ3n) is 5.78. The Hall–Kier alpha value is -0.920. The van der Waals surface area contributed by atoms with Crippen molar-refractivity contribution in [3.63, 3.8) is 0 Å². The maximum atomic E-state index is 12.1. The zero-order valence-electron chi connectivity index (χ0n) is 11.0. The number of allylic oxidation sites excluding steroid dienone is 2. The third-order valence-corrected chi connectivity index (χ3v) is 5.78. The van der Waals surface area contributed by atoms with Gasteiger partial charge in [-0.05, 0) is 29.7 Å². The van der Waals surface area contributed by atoms with Gasteiger partial charge in [-0.15, -0.1) is 0 Å². The average molecular weight is 232 g/mol. The molecule has 0 aromatic heterocycles. The van der Waals surface area contributed by atoms with Gasteiger partial charge in [0.25, 0.3) is 0 Å². The van der Waals surface area contributed by atoms with Crippen molar-refractivity contribution in [1.29, 1.82) is 0 Å². The monoisotopic (exact) mass is 232 g/mol. The molecule has 17 heavy (non-hydrogen) atoms. The molecular weight excluding hydrogens is 212 g/mol. The molecule has 2 heteroatoms. The van der Waals surface area contributed by atoms with Crippen LogP contribution in [0.15, 0.2) is 11.6 Å². The second kappa shape index (κ2) is 2.90. The molecule has 0 aromatic rings. The zero-order valence-corrected chi connectivity index (χ0v) is 11.0. The highest BCUT2D eigenvalue weighted by atomic mass is 16.1. The first-order valence-electron chi connectivity index (χ1n) is 6.60. The molecule has 1 unspecified atom stereocenters. The molecule has 4 atom stereocenters. The SMILES string of the molecule is CC1CCC(=O)C2=CC(=O)[C@@H]3[C@@H](C3(C)C)[C@]21C. The van der Waals surface area contributed by atoms with Gasteiger partial charge in [0.15, 0.2) is 11.6 Å². The summed E-state index contributed by atoms with van der Waals surface area (Å²) in [5, 5.41) is 0. The van der Waals surface area contributed by atoms with Crippen LogP contribution in [0.5, 0.6) is 0 Å². The van der Waals surface area contributed by atoms with Crippen LogP contribution < -0.4 is 0 Å². The molecule has 0 N–H and O–H groups in total. The van der Waals surface area contributed by atoms with Crippen molar-refractivity contribution in [3.05, 3.63) is 11.6 Å². The number of Topliss-reactive ketones (excluding diaryl/α,β-unsaturated/α-hetero) is 1. The molecule has 0 amide bonds. The number of hydrogen-bond donors (Lipinski definition) is 0. The van der Waals surface area contributed by atoms with E-state index in [1.807, 2.05) is 0 Å². The van der Waals surface area contributed by atoms with Crippen LogP contribution in [0.25, 0.3) is 0 Å². The van der Waals surface area contributed by atoms with Crippen LogP contribution >= 0.6 is 0 Å². The predicted octanol–water partition coefficient (Wildman–Crippen LogP) is 2.77. The smallest absolute Gasteiger partial charge is 0.160 e. The van der Waals surface area contributed by atoms with Crippen LogP contribution in [-0.4, -0.2) is 11.6 Å². The van der Waals surface area contributed by atoms with E-state index >= 15 is 0 Å². The van der Waals surface area contributed by atoms with Gasteiger partial charge < -0.3 is 0 Å². The first kappa shape index (κ1) is 11.2. The lowest BCUT2D eigenvalue weighted by molar-refractivity contribution is -0.123. The summed E-state index contributed by atoms with van der Waals surface area (Å²) in [5.41, 5.74) is 0.848. The van der Waals surface area contributed by atoms with Crippen molar-refractivity contribution in [2.75, 3.05) is 0 Å². The van der Waals surface area contributed by atoms with Crippen LogP contribution in [0, 0.1) is 28.6 Å². The van der Waals surface area contributed by atoms with Crippen LogP contribution in [0.3, 0.4) is 0 Å². The summed E-state index contributed by atoms with van der Waals surface area (Å²) < 4.78 is 0. The Morgan fingerprint density at radius 2 is 1.88 bits per heavy atom. The summed E-state index contributed by atoms with van der Waals surface area (Å²) in [6, 6.07) is 0. The van der Waals surface area contributed by atoms with Crippen molar-refractivity contribution in [2.24, 2.45) is 28.6 Å². The van der Waals surface area contributed by atoms with Crippen LogP contribution in [0.2, 0.25) is 0 Å². The van der Waals surface area contributed by atoms with E-state index in [0.29, 0.717) is 18.3 Å². The fraction of sp³-hybridized carbons (Fsp3) is 0.733. The van der Waals surface area contributed by atoms with Gasteiger partial charge in [0.05, 0.1) is 0 Å². The van der Waals surface area contributed by atoms with Crippen molar-refractivity contribution < 1.29 is 9.59 Å². The molecule has 3 rings (SSSR count). The summed E-state index contributed by atoms with van der Waals surface area (Å²) in [7, 11) is 0. The maximum absolute atomic E-state index is 12.1. The van der Waals surface area contributed by atoms with Crippen LogP contribution in [0.1, 0.15) is 40.5 Å². The molecule has 0 saturated heterocycles. The van der Waals surface area contributed by atoms with E-state index in [1.54, 1.807) is 6.08 Å². The number of ketones is 2. The zero-order chi connectivity index (χ0) is 12.6. The van der Waals surface area contributed by atoms with Gasteiger partial charge in [0.1, 0.15) is 0 Å². The molecule has 0 radical (unpaired) electrons. The van der Waals surface area contributed by atoms with E-state index in [1.165, 1.54) is 0 Å². The summed E-state index contributed by atoms with van der Waals surface area (Å²) in [4.78, 5) is 24.2. The first-order chi connectivity index (χ1) is 7.81. The van der Waals surface area contributed by atoms with Crippen molar-refractivity contribution in [1.82, 2.24) is 0 Å². The van der Waals surface area contributed by atoms with Gasteiger partial charge in [-0.3, -0.25) is 9.59 Å². The van der Waals surface area contributed by atoms with E-state index in [9.17, 15) is 9.59 Å². The topological polar surface area (TPSA) is 34.1 Å². The summed E-state index contributed by atoms with van der Waals surface area (Å²) in [6.07, 6.45) is 3.27. The minimum absolute atomic E-state index is 0.0581. The molecule has 3 aliphatic carbocycles. The van der Waals surface area contributed by atoms with Gasteiger partial charge in [0, 0.05) is 23.3 Å². The van der Waals surface area contributed by atoms with Crippen LogP contribution in [0.4, 0.5) is 0 Å². The van der Waals surface area contributed by atoms with Gasteiger partial charge >= 0.3 is 0 Å². The Labute approximate surface area is 102 Å². The van der Waals surface area contributed by atoms with Crippen molar-refractivity contribution in [3.8, 4) is 0 Å². The second-order valence-electron chi connectivity index (χ2n) is 6.88. The summed E-state index contributed by atoms with van der Waals surface area (Å²) in [5.74, 6) is 1.44. The highest BCUT2D eigenvalue weighted by Crippen LogP contribution is 2.72. The third kappa shape index (κ3) is 1.12. The van der Waals surface area contributed by atoms with E-state index in [2.05, 4.69) is 27.7 Å². The molecule has 0 spiro atoms. The molecule has 0 aliphatic heterocycles. The lowest BCUT2D eigenvalue weighted by Gasteiger charge is -2.44. The summed E-state index contributed by atoms with van der Waals surface area (Å²) >= 11 is 0. The van der Waals surface area contributed by atoms with Gasteiger partial charge in [-0.2, -0.15) is 0 Å². The minimum Gasteiger partial charge on any atom is -0.295 e. The molecule has 0 bridgehead atoms. The molecule has 3 aliphatic rings. The number of rotatable bonds is 0. The Balaban J connectivity index is 2.15. The van der Waals surface area contributed by atoms with E-state index in [-0.39, 0.29) is 28.3 Å². The van der Waals surface area contributed by atoms with Gasteiger partial charge in [0.2, 0.25) is 0 Å². The van der Waals surface area contributed by atoms with Crippen molar-refractivity contribution >= 4 is 11.6 Å². The molecule has 2 fully saturated rings. The number of carbonyl (C=O) groups excluding carboxylic acids is 2. The quantitative estimate of drug-likeness (QED) is 0.643. The molecular formula is C15H20O2.